The highest BCUT2D eigenvalue weighted by atomic mass is 16.3. The van der Waals surface area contributed by atoms with Gasteiger partial charge in [-0.05, 0) is 29.3 Å². The van der Waals surface area contributed by atoms with Crippen molar-refractivity contribution in [1.82, 2.24) is 19.8 Å². The Morgan fingerprint density at radius 2 is 1.54 bits per heavy atom. The number of aliphatic hydroxyl groups excluding tert-OH is 1. The fourth-order valence-corrected chi connectivity index (χ4v) is 3.74. The molecule has 0 aliphatic carbocycles. The SMILES string of the molecule is OCCN1CCN(Cc2cc(-c3ccccc3)cnc2-c2ccncc2)CC1. The van der Waals surface area contributed by atoms with Gasteiger partial charge < -0.3 is 5.11 Å². The van der Waals surface area contributed by atoms with E-state index >= 15 is 0 Å². The third-order valence-electron chi connectivity index (χ3n) is 5.30. The maximum Gasteiger partial charge on any atom is 0.0748 e. The van der Waals surface area contributed by atoms with E-state index < -0.39 is 0 Å². The van der Waals surface area contributed by atoms with Crippen LogP contribution in [0.4, 0.5) is 0 Å². The minimum Gasteiger partial charge on any atom is -0.395 e. The van der Waals surface area contributed by atoms with Crippen molar-refractivity contribution in [1.29, 1.82) is 0 Å². The molecule has 0 unspecified atom stereocenters. The lowest BCUT2D eigenvalue weighted by Crippen LogP contribution is -2.46. The molecule has 1 aliphatic heterocycles. The second-order valence-electron chi connectivity index (χ2n) is 7.18. The van der Waals surface area contributed by atoms with Gasteiger partial charge in [0.2, 0.25) is 0 Å². The van der Waals surface area contributed by atoms with E-state index in [2.05, 4.69) is 45.1 Å². The molecule has 1 aliphatic rings. The molecule has 0 spiro atoms. The van der Waals surface area contributed by atoms with Crippen molar-refractivity contribution in [2.24, 2.45) is 0 Å². The number of pyridine rings is 2. The Bertz CT molecular complexity index is 878. The van der Waals surface area contributed by atoms with Crippen molar-refractivity contribution < 1.29 is 5.11 Å². The van der Waals surface area contributed by atoms with Crippen LogP contribution in [0, 0.1) is 0 Å². The van der Waals surface area contributed by atoms with Gasteiger partial charge in [-0.1, -0.05) is 30.3 Å². The normalized spacial score (nSPS) is 15.6. The third-order valence-corrected chi connectivity index (χ3v) is 5.30. The van der Waals surface area contributed by atoms with Crippen LogP contribution in [-0.2, 0) is 6.54 Å². The largest absolute Gasteiger partial charge is 0.395 e. The minimum atomic E-state index is 0.231. The molecule has 3 heterocycles. The van der Waals surface area contributed by atoms with Gasteiger partial charge in [-0.15, -0.1) is 0 Å². The molecule has 0 bridgehead atoms. The number of aliphatic hydroxyl groups is 1. The summed E-state index contributed by atoms with van der Waals surface area (Å²) >= 11 is 0. The number of rotatable bonds is 6. The van der Waals surface area contributed by atoms with Crippen molar-refractivity contribution in [3.05, 3.63) is 72.7 Å². The van der Waals surface area contributed by atoms with E-state index in [4.69, 9.17) is 10.1 Å². The Balaban J connectivity index is 1.61. The van der Waals surface area contributed by atoms with E-state index in [1.165, 1.54) is 11.1 Å². The minimum absolute atomic E-state index is 0.231. The highest BCUT2D eigenvalue weighted by Crippen LogP contribution is 2.27. The molecular weight excluding hydrogens is 348 g/mol. The van der Waals surface area contributed by atoms with Gasteiger partial charge in [-0.3, -0.25) is 19.8 Å². The summed E-state index contributed by atoms with van der Waals surface area (Å²) in [4.78, 5) is 13.8. The quantitative estimate of drug-likeness (QED) is 0.719. The van der Waals surface area contributed by atoms with E-state index in [1.807, 2.05) is 36.8 Å². The second kappa shape index (κ2) is 9.06. The summed E-state index contributed by atoms with van der Waals surface area (Å²) in [6.45, 7) is 5.87. The van der Waals surface area contributed by atoms with Gasteiger partial charge in [0, 0.05) is 69.0 Å². The van der Waals surface area contributed by atoms with Crippen LogP contribution in [0.2, 0.25) is 0 Å². The van der Waals surface area contributed by atoms with Crippen LogP contribution in [0.3, 0.4) is 0 Å². The maximum atomic E-state index is 9.15. The molecule has 1 N–H and O–H groups in total. The van der Waals surface area contributed by atoms with Crippen LogP contribution in [0.5, 0.6) is 0 Å². The first-order valence-electron chi connectivity index (χ1n) is 9.84. The van der Waals surface area contributed by atoms with Crippen LogP contribution >= 0.6 is 0 Å². The molecule has 1 saturated heterocycles. The molecule has 1 fully saturated rings. The van der Waals surface area contributed by atoms with Crippen molar-refractivity contribution in [3.63, 3.8) is 0 Å². The monoisotopic (exact) mass is 374 g/mol. The van der Waals surface area contributed by atoms with E-state index in [0.717, 1.165) is 56.1 Å². The summed E-state index contributed by atoms with van der Waals surface area (Å²) in [5.74, 6) is 0. The summed E-state index contributed by atoms with van der Waals surface area (Å²) in [7, 11) is 0. The molecule has 5 heteroatoms. The Morgan fingerprint density at radius 3 is 2.25 bits per heavy atom. The van der Waals surface area contributed by atoms with Gasteiger partial charge in [0.25, 0.3) is 0 Å². The number of nitrogens with zero attached hydrogens (tertiary/aromatic N) is 4. The zero-order chi connectivity index (χ0) is 19.2. The van der Waals surface area contributed by atoms with Crippen LogP contribution in [0.1, 0.15) is 5.56 Å². The first-order valence-corrected chi connectivity index (χ1v) is 9.84. The number of hydrogen-bond donors (Lipinski definition) is 1. The Hall–Kier alpha value is -2.60. The van der Waals surface area contributed by atoms with Crippen LogP contribution < -0.4 is 0 Å². The number of aromatic nitrogens is 2. The average Bonchev–Trinajstić information content (AvgIpc) is 2.76. The van der Waals surface area contributed by atoms with E-state index in [1.54, 1.807) is 0 Å². The summed E-state index contributed by atoms with van der Waals surface area (Å²) in [6.07, 6.45) is 5.60. The van der Waals surface area contributed by atoms with E-state index in [-0.39, 0.29) is 6.61 Å². The Kier molecular flexibility index (Phi) is 6.07. The maximum absolute atomic E-state index is 9.15. The predicted octanol–water partition coefficient (Wildman–Crippen LogP) is 2.92. The average molecular weight is 374 g/mol. The fraction of sp³-hybridized carbons (Fsp3) is 0.304. The van der Waals surface area contributed by atoms with Crippen molar-refractivity contribution >= 4 is 0 Å². The van der Waals surface area contributed by atoms with Gasteiger partial charge in [0.1, 0.15) is 0 Å². The highest BCUT2D eigenvalue weighted by Gasteiger charge is 2.19. The lowest BCUT2D eigenvalue weighted by atomic mass is 10.0. The van der Waals surface area contributed by atoms with Crippen LogP contribution in [0.25, 0.3) is 22.4 Å². The van der Waals surface area contributed by atoms with Gasteiger partial charge in [0.15, 0.2) is 0 Å². The topological polar surface area (TPSA) is 52.5 Å². The molecule has 2 aromatic heterocycles. The van der Waals surface area contributed by atoms with Crippen molar-refractivity contribution in [2.75, 3.05) is 39.3 Å². The molecule has 0 atom stereocenters. The molecule has 5 nitrogen and oxygen atoms in total. The standard InChI is InChI=1S/C23H26N4O/c28-15-14-26-10-12-27(13-11-26)18-22-16-21(19-4-2-1-3-5-19)17-25-23(22)20-6-8-24-9-7-20/h1-9,16-17,28H,10-15,18H2. The van der Waals surface area contributed by atoms with Crippen molar-refractivity contribution in [2.45, 2.75) is 6.54 Å². The number of benzene rings is 1. The summed E-state index contributed by atoms with van der Waals surface area (Å²) < 4.78 is 0. The zero-order valence-electron chi connectivity index (χ0n) is 16.0. The molecule has 0 radical (unpaired) electrons. The summed E-state index contributed by atoms with van der Waals surface area (Å²) in [5.41, 5.74) is 5.70. The predicted molar refractivity (Wildman–Crippen MR) is 112 cm³/mol. The lowest BCUT2D eigenvalue weighted by Gasteiger charge is -2.34. The number of β-amino-alcohol motifs (C(OH)–C–C–N with tert-alkyl or cyclic N) is 1. The molecule has 1 aromatic carbocycles. The molecule has 28 heavy (non-hydrogen) atoms. The van der Waals surface area contributed by atoms with Crippen LogP contribution in [0.15, 0.2) is 67.1 Å². The third kappa shape index (κ3) is 4.44. The van der Waals surface area contributed by atoms with Crippen molar-refractivity contribution in [3.8, 4) is 22.4 Å². The highest BCUT2D eigenvalue weighted by molar-refractivity contribution is 5.69. The first-order chi connectivity index (χ1) is 13.8. The van der Waals surface area contributed by atoms with Gasteiger partial charge >= 0.3 is 0 Å². The second-order valence-corrected chi connectivity index (χ2v) is 7.18. The first kappa shape index (κ1) is 18.7. The molecule has 4 rings (SSSR count). The number of piperazine rings is 1. The zero-order valence-corrected chi connectivity index (χ0v) is 16.0. The number of hydrogen-bond acceptors (Lipinski definition) is 5. The van der Waals surface area contributed by atoms with Gasteiger partial charge in [0.05, 0.1) is 12.3 Å². The molecule has 3 aromatic rings. The van der Waals surface area contributed by atoms with E-state index in [9.17, 15) is 0 Å². The van der Waals surface area contributed by atoms with Gasteiger partial charge in [-0.25, -0.2) is 0 Å². The van der Waals surface area contributed by atoms with Crippen LogP contribution in [-0.4, -0.2) is 64.2 Å². The van der Waals surface area contributed by atoms with Gasteiger partial charge in [-0.2, -0.15) is 0 Å². The lowest BCUT2D eigenvalue weighted by molar-refractivity contribution is 0.108. The Morgan fingerprint density at radius 1 is 0.821 bits per heavy atom. The molecule has 0 amide bonds. The fourth-order valence-electron chi connectivity index (χ4n) is 3.74. The van der Waals surface area contributed by atoms with E-state index in [0.29, 0.717) is 0 Å². The summed E-state index contributed by atoms with van der Waals surface area (Å²) in [5, 5.41) is 9.15. The molecule has 0 saturated carbocycles. The molecular formula is C23H26N4O. The molecule has 144 valence electrons. The Labute approximate surface area is 166 Å². The summed E-state index contributed by atoms with van der Waals surface area (Å²) in [6, 6.07) is 16.7. The smallest absolute Gasteiger partial charge is 0.0748 e.